The van der Waals surface area contributed by atoms with Gasteiger partial charge in [0.25, 0.3) is 5.91 Å². The van der Waals surface area contributed by atoms with Crippen molar-refractivity contribution in [2.75, 3.05) is 13.1 Å². The summed E-state index contributed by atoms with van der Waals surface area (Å²) in [5.41, 5.74) is 1.14. The number of carbonyl (C=O) groups is 1. The summed E-state index contributed by atoms with van der Waals surface area (Å²) < 4.78 is 5.75. The number of piperidine rings is 1. The van der Waals surface area contributed by atoms with Crippen molar-refractivity contribution >= 4 is 5.91 Å². The second kappa shape index (κ2) is 6.69. The van der Waals surface area contributed by atoms with Crippen molar-refractivity contribution in [3.63, 3.8) is 0 Å². The lowest BCUT2D eigenvalue weighted by Crippen LogP contribution is -2.48. The van der Waals surface area contributed by atoms with E-state index in [1.807, 2.05) is 38.1 Å². The summed E-state index contributed by atoms with van der Waals surface area (Å²) in [5, 5.41) is 3.14. The Morgan fingerprint density at radius 3 is 2.64 bits per heavy atom. The maximum absolute atomic E-state index is 12.3. The fraction of sp³-hybridized carbons (Fsp3) is 0.611. The van der Waals surface area contributed by atoms with Crippen LogP contribution in [0.1, 0.15) is 38.2 Å². The van der Waals surface area contributed by atoms with Crippen molar-refractivity contribution in [1.82, 2.24) is 10.2 Å². The molecule has 1 atom stereocenters. The Bertz CT molecular complexity index is 520. The molecular formula is C18H26N2O2. The molecule has 1 aromatic rings. The molecule has 4 heteroatoms. The third kappa shape index (κ3) is 4.01. The van der Waals surface area contributed by atoms with Gasteiger partial charge in [0.15, 0.2) is 6.10 Å². The van der Waals surface area contributed by atoms with Crippen LogP contribution in [0.4, 0.5) is 0 Å². The number of ether oxygens (including phenoxy) is 1. The smallest absolute Gasteiger partial charge is 0.260 e. The third-order valence-electron chi connectivity index (χ3n) is 4.61. The molecule has 1 N–H and O–H groups in total. The molecule has 1 aliphatic heterocycles. The molecule has 1 amide bonds. The van der Waals surface area contributed by atoms with Crippen LogP contribution in [0.2, 0.25) is 0 Å². The average Bonchev–Trinajstić information content (AvgIpc) is 3.32. The van der Waals surface area contributed by atoms with E-state index in [1.54, 1.807) is 0 Å². The average molecular weight is 302 g/mol. The number of nitrogens with one attached hydrogen (secondary N) is 1. The van der Waals surface area contributed by atoms with E-state index in [0.717, 1.165) is 43.3 Å². The zero-order valence-electron chi connectivity index (χ0n) is 13.5. The summed E-state index contributed by atoms with van der Waals surface area (Å²) >= 11 is 0. The number of rotatable bonds is 5. The number of nitrogens with zero attached hydrogens (tertiary/aromatic N) is 1. The van der Waals surface area contributed by atoms with Crippen molar-refractivity contribution in [1.29, 1.82) is 0 Å². The maximum Gasteiger partial charge on any atom is 0.260 e. The minimum atomic E-state index is -0.455. The SMILES string of the molecule is Cc1cccc(OC(C)C(=O)NC2CCN(C3CC3)CC2)c1. The fourth-order valence-electron chi connectivity index (χ4n) is 3.11. The molecule has 0 bridgehead atoms. The van der Waals surface area contributed by atoms with E-state index in [2.05, 4.69) is 10.2 Å². The predicted molar refractivity (Wildman–Crippen MR) is 87.0 cm³/mol. The minimum Gasteiger partial charge on any atom is -0.481 e. The number of hydrogen-bond donors (Lipinski definition) is 1. The highest BCUT2D eigenvalue weighted by Crippen LogP contribution is 2.29. The molecule has 0 aromatic heterocycles. The summed E-state index contributed by atoms with van der Waals surface area (Å²) in [5.74, 6) is 0.748. The monoisotopic (exact) mass is 302 g/mol. The summed E-state index contributed by atoms with van der Waals surface area (Å²) in [6.07, 6.45) is 4.37. The van der Waals surface area contributed by atoms with Gasteiger partial charge in [-0.15, -0.1) is 0 Å². The number of amides is 1. The molecule has 2 aliphatic rings. The summed E-state index contributed by atoms with van der Waals surface area (Å²) in [4.78, 5) is 14.8. The Morgan fingerprint density at radius 2 is 2.00 bits per heavy atom. The molecule has 0 spiro atoms. The van der Waals surface area contributed by atoms with E-state index in [4.69, 9.17) is 4.74 Å². The van der Waals surface area contributed by atoms with Gasteiger partial charge in [0.1, 0.15) is 5.75 Å². The number of benzene rings is 1. The number of carbonyl (C=O) groups excluding carboxylic acids is 1. The van der Waals surface area contributed by atoms with Gasteiger partial charge < -0.3 is 15.0 Å². The Labute approximate surface area is 132 Å². The molecule has 120 valence electrons. The standard InChI is InChI=1S/C18H26N2O2/c1-13-4-3-5-17(12-13)22-14(2)18(21)19-15-8-10-20(11-9-15)16-6-7-16/h3-5,12,14-16H,6-11H2,1-2H3,(H,19,21). The highest BCUT2D eigenvalue weighted by molar-refractivity contribution is 5.81. The third-order valence-corrected chi connectivity index (χ3v) is 4.61. The minimum absolute atomic E-state index is 0.00798. The molecule has 1 aromatic carbocycles. The molecule has 1 saturated carbocycles. The molecule has 0 radical (unpaired) electrons. The maximum atomic E-state index is 12.3. The van der Waals surface area contributed by atoms with E-state index in [1.165, 1.54) is 12.8 Å². The normalized spacial score (nSPS) is 21.4. The van der Waals surface area contributed by atoms with E-state index >= 15 is 0 Å². The van der Waals surface area contributed by atoms with Gasteiger partial charge in [-0.1, -0.05) is 12.1 Å². The first-order valence-corrected chi connectivity index (χ1v) is 8.39. The van der Waals surface area contributed by atoms with Crippen LogP contribution in [0.15, 0.2) is 24.3 Å². The van der Waals surface area contributed by atoms with Gasteiger partial charge in [-0.05, 0) is 57.2 Å². The molecule has 1 heterocycles. The van der Waals surface area contributed by atoms with Gasteiger partial charge in [0.2, 0.25) is 0 Å². The van der Waals surface area contributed by atoms with Crippen molar-refractivity contribution < 1.29 is 9.53 Å². The second-order valence-electron chi connectivity index (χ2n) is 6.63. The summed E-state index contributed by atoms with van der Waals surface area (Å²) in [6, 6.07) is 8.95. The number of likely N-dealkylation sites (tertiary alicyclic amines) is 1. The lowest BCUT2D eigenvalue weighted by Gasteiger charge is -2.32. The molecular weight excluding hydrogens is 276 g/mol. The van der Waals surface area contributed by atoms with Gasteiger partial charge in [0, 0.05) is 25.2 Å². The number of hydrogen-bond acceptors (Lipinski definition) is 3. The van der Waals surface area contributed by atoms with Crippen molar-refractivity contribution in [2.45, 2.75) is 57.7 Å². The highest BCUT2D eigenvalue weighted by Gasteiger charge is 2.32. The fourth-order valence-corrected chi connectivity index (χ4v) is 3.11. The molecule has 1 saturated heterocycles. The van der Waals surface area contributed by atoms with Crippen LogP contribution in [-0.4, -0.2) is 42.1 Å². The Morgan fingerprint density at radius 1 is 1.27 bits per heavy atom. The zero-order valence-corrected chi connectivity index (χ0v) is 13.5. The van der Waals surface area contributed by atoms with E-state index in [0.29, 0.717) is 6.04 Å². The molecule has 1 unspecified atom stereocenters. The molecule has 1 aliphatic carbocycles. The van der Waals surface area contributed by atoms with E-state index < -0.39 is 6.10 Å². The summed E-state index contributed by atoms with van der Waals surface area (Å²) in [6.45, 7) is 6.06. The van der Waals surface area contributed by atoms with Gasteiger partial charge in [0.05, 0.1) is 0 Å². The zero-order chi connectivity index (χ0) is 15.5. The Balaban J connectivity index is 1.45. The van der Waals surface area contributed by atoms with Crippen molar-refractivity contribution in [2.24, 2.45) is 0 Å². The molecule has 4 nitrogen and oxygen atoms in total. The lowest BCUT2D eigenvalue weighted by atomic mass is 10.0. The Hall–Kier alpha value is -1.55. The van der Waals surface area contributed by atoms with E-state index in [-0.39, 0.29) is 5.91 Å². The van der Waals surface area contributed by atoms with E-state index in [9.17, 15) is 4.79 Å². The number of aryl methyl sites for hydroxylation is 1. The van der Waals surface area contributed by atoms with Crippen molar-refractivity contribution in [3.8, 4) is 5.75 Å². The lowest BCUT2D eigenvalue weighted by molar-refractivity contribution is -0.128. The topological polar surface area (TPSA) is 41.6 Å². The summed E-state index contributed by atoms with van der Waals surface area (Å²) in [7, 11) is 0. The van der Waals surface area contributed by atoms with Gasteiger partial charge in [-0.25, -0.2) is 0 Å². The Kier molecular flexibility index (Phi) is 4.67. The highest BCUT2D eigenvalue weighted by atomic mass is 16.5. The van der Waals surface area contributed by atoms with Crippen LogP contribution < -0.4 is 10.1 Å². The second-order valence-corrected chi connectivity index (χ2v) is 6.63. The first-order valence-electron chi connectivity index (χ1n) is 8.39. The quantitative estimate of drug-likeness (QED) is 0.908. The van der Waals surface area contributed by atoms with Gasteiger partial charge in [-0.3, -0.25) is 4.79 Å². The predicted octanol–water partition coefficient (Wildman–Crippen LogP) is 2.51. The van der Waals surface area contributed by atoms with Gasteiger partial charge >= 0.3 is 0 Å². The van der Waals surface area contributed by atoms with Crippen LogP contribution in [-0.2, 0) is 4.79 Å². The molecule has 2 fully saturated rings. The van der Waals surface area contributed by atoms with Crippen LogP contribution >= 0.6 is 0 Å². The van der Waals surface area contributed by atoms with Crippen molar-refractivity contribution in [3.05, 3.63) is 29.8 Å². The van der Waals surface area contributed by atoms with Crippen LogP contribution in [0, 0.1) is 6.92 Å². The van der Waals surface area contributed by atoms with Crippen LogP contribution in [0.5, 0.6) is 5.75 Å². The van der Waals surface area contributed by atoms with Gasteiger partial charge in [-0.2, -0.15) is 0 Å². The molecule has 3 rings (SSSR count). The van der Waals surface area contributed by atoms with Crippen LogP contribution in [0.3, 0.4) is 0 Å². The van der Waals surface area contributed by atoms with Crippen LogP contribution in [0.25, 0.3) is 0 Å². The molecule has 22 heavy (non-hydrogen) atoms. The first-order chi connectivity index (χ1) is 10.6. The largest absolute Gasteiger partial charge is 0.481 e. The first kappa shape index (κ1) is 15.3.